The number of anilines is 1. The van der Waals surface area contributed by atoms with Gasteiger partial charge in [-0.2, -0.15) is 0 Å². The molecule has 0 atom stereocenters. The SMILES string of the molecule is CN(C)C(=O)c1cc(NCCc2ccc3c(c2)CCO3)ccc1F. The van der Waals surface area contributed by atoms with Crippen LogP contribution in [0.4, 0.5) is 10.1 Å². The van der Waals surface area contributed by atoms with E-state index in [1.165, 1.54) is 22.1 Å². The number of halogens is 1. The Balaban J connectivity index is 1.62. The molecule has 5 heteroatoms. The zero-order chi connectivity index (χ0) is 17.1. The van der Waals surface area contributed by atoms with E-state index < -0.39 is 5.82 Å². The van der Waals surface area contributed by atoms with Gasteiger partial charge in [-0.3, -0.25) is 4.79 Å². The number of nitrogens with one attached hydrogen (secondary N) is 1. The van der Waals surface area contributed by atoms with Crippen molar-refractivity contribution in [2.24, 2.45) is 0 Å². The largest absolute Gasteiger partial charge is 0.493 e. The van der Waals surface area contributed by atoms with Gasteiger partial charge in [-0.1, -0.05) is 12.1 Å². The highest BCUT2D eigenvalue weighted by Gasteiger charge is 2.14. The predicted octanol–water partition coefficient (Wildman–Crippen LogP) is 3.12. The molecule has 3 rings (SSSR count). The lowest BCUT2D eigenvalue weighted by Crippen LogP contribution is -2.23. The molecule has 1 aliphatic rings. The van der Waals surface area contributed by atoms with Crippen LogP contribution in [0.1, 0.15) is 21.5 Å². The number of hydrogen-bond acceptors (Lipinski definition) is 3. The fraction of sp³-hybridized carbons (Fsp3) is 0.316. The van der Waals surface area contributed by atoms with Crippen LogP contribution in [0, 0.1) is 5.82 Å². The van der Waals surface area contributed by atoms with E-state index in [2.05, 4.69) is 17.4 Å². The smallest absolute Gasteiger partial charge is 0.256 e. The average Bonchev–Trinajstić information content (AvgIpc) is 3.03. The molecule has 0 unspecified atom stereocenters. The summed E-state index contributed by atoms with van der Waals surface area (Å²) in [7, 11) is 3.22. The summed E-state index contributed by atoms with van der Waals surface area (Å²) in [5.74, 6) is 0.143. The number of carbonyl (C=O) groups is 1. The van der Waals surface area contributed by atoms with E-state index in [0.29, 0.717) is 6.54 Å². The highest BCUT2D eigenvalue weighted by molar-refractivity contribution is 5.95. The molecule has 2 aromatic rings. The third-order valence-electron chi connectivity index (χ3n) is 4.10. The number of ether oxygens (including phenoxy) is 1. The second kappa shape index (κ2) is 6.91. The van der Waals surface area contributed by atoms with Gasteiger partial charge in [0.1, 0.15) is 11.6 Å². The molecule has 126 valence electrons. The van der Waals surface area contributed by atoms with E-state index in [9.17, 15) is 9.18 Å². The van der Waals surface area contributed by atoms with E-state index in [4.69, 9.17) is 4.74 Å². The molecule has 1 N–H and O–H groups in total. The van der Waals surface area contributed by atoms with Gasteiger partial charge in [0.25, 0.3) is 5.91 Å². The minimum atomic E-state index is -0.502. The first-order chi connectivity index (χ1) is 11.5. The monoisotopic (exact) mass is 328 g/mol. The molecule has 0 radical (unpaired) electrons. The van der Waals surface area contributed by atoms with E-state index in [0.717, 1.165) is 30.9 Å². The number of benzene rings is 2. The van der Waals surface area contributed by atoms with Crippen LogP contribution in [0.15, 0.2) is 36.4 Å². The highest BCUT2D eigenvalue weighted by Crippen LogP contribution is 2.26. The summed E-state index contributed by atoms with van der Waals surface area (Å²) in [5, 5.41) is 3.25. The number of nitrogens with zero attached hydrogens (tertiary/aromatic N) is 1. The summed E-state index contributed by atoms with van der Waals surface area (Å²) >= 11 is 0. The Morgan fingerprint density at radius 1 is 1.25 bits per heavy atom. The van der Waals surface area contributed by atoms with Gasteiger partial charge in [-0.05, 0) is 41.8 Å². The van der Waals surface area contributed by atoms with E-state index in [1.54, 1.807) is 26.2 Å². The average molecular weight is 328 g/mol. The molecule has 1 heterocycles. The van der Waals surface area contributed by atoms with Gasteiger partial charge in [0.15, 0.2) is 0 Å². The number of carbonyl (C=O) groups excluding carboxylic acids is 1. The second-order valence-corrected chi connectivity index (χ2v) is 6.11. The Bertz CT molecular complexity index is 759. The van der Waals surface area contributed by atoms with Crippen molar-refractivity contribution in [1.29, 1.82) is 0 Å². The zero-order valence-electron chi connectivity index (χ0n) is 13.9. The first-order valence-corrected chi connectivity index (χ1v) is 8.04. The maximum atomic E-state index is 13.8. The van der Waals surface area contributed by atoms with E-state index in [-0.39, 0.29) is 11.5 Å². The Morgan fingerprint density at radius 2 is 2.08 bits per heavy atom. The van der Waals surface area contributed by atoms with Crippen molar-refractivity contribution in [3.05, 3.63) is 58.9 Å². The summed E-state index contributed by atoms with van der Waals surface area (Å²) < 4.78 is 19.3. The first-order valence-electron chi connectivity index (χ1n) is 8.04. The fourth-order valence-corrected chi connectivity index (χ4v) is 2.79. The Hall–Kier alpha value is -2.56. The quantitative estimate of drug-likeness (QED) is 0.917. The Kier molecular flexibility index (Phi) is 4.69. The topological polar surface area (TPSA) is 41.6 Å². The number of fused-ring (bicyclic) bond motifs is 1. The van der Waals surface area contributed by atoms with E-state index >= 15 is 0 Å². The summed E-state index contributed by atoms with van der Waals surface area (Å²) in [5.41, 5.74) is 3.32. The van der Waals surface area contributed by atoms with Gasteiger partial charge < -0.3 is 15.0 Å². The number of hydrogen-bond donors (Lipinski definition) is 1. The molecule has 0 bridgehead atoms. The number of rotatable bonds is 5. The van der Waals surface area contributed by atoms with Crippen LogP contribution in [-0.4, -0.2) is 38.1 Å². The maximum absolute atomic E-state index is 13.8. The van der Waals surface area contributed by atoms with Crippen LogP contribution >= 0.6 is 0 Å². The Morgan fingerprint density at radius 3 is 2.88 bits per heavy atom. The third kappa shape index (κ3) is 3.50. The van der Waals surface area contributed by atoms with Crippen LogP contribution in [0.3, 0.4) is 0 Å². The Labute approximate surface area is 141 Å². The lowest BCUT2D eigenvalue weighted by Gasteiger charge is -2.13. The summed E-state index contributed by atoms with van der Waals surface area (Å²) in [6.45, 7) is 1.47. The lowest BCUT2D eigenvalue weighted by molar-refractivity contribution is 0.0823. The molecule has 1 aliphatic heterocycles. The van der Waals surface area contributed by atoms with Gasteiger partial charge in [0, 0.05) is 32.7 Å². The second-order valence-electron chi connectivity index (χ2n) is 6.11. The van der Waals surface area contributed by atoms with Crippen molar-refractivity contribution in [2.75, 3.05) is 32.6 Å². The normalized spacial score (nSPS) is 12.5. The molecule has 0 saturated carbocycles. The molecule has 0 spiro atoms. The molecule has 4 nitrogen and oxygen atoms in total. The highest BCUT2D eigenvalue weighted by atomic mass is 19.1. The van der Waals surface area contributed by atoms with Gasteiger partial charge in [0.05, 0.1) is 12.2 Å². The van der Waals surface area contributed by atoms with Gasteiger partial charge in [0.2, 0.25) is 0 Å². The molecule has 0 aliphatic carbocycles. The van der Waals surface area contributed by atoms with Gasteiger partial charge in [-0.25, -0.2) is 4.39 Å². The summed E-state index contributed by atoms with van der Waals surface area (Å²) in [4.78, 5) is 13.3. The van der Waals surface area contributed by atoms with Gasteiger partial charge >= 0.3 is 0 Å². The van der Waals surface area contributed by atoms with E-state index in [1.807, 2.05) is 6.07 Å². The summed E-state index contributed by atoms with van der Waals surface area (Å²) in [6.07, 6.45) is 1.81. The maximum Gasteiger partial charge on any atom is 0.256 e. The molecular formula is C19H21FN2O2. The molecule has 24 heavy (non-hydrogen) atoms. The molecular weight excluding hydrogens is 307 g/mol. The molecule has 0 saturated heterocycles. The molecule has 1 amide bonds. The fourth-order valence-electron chi connectivity index (χ4n) is 2.79. The van der Waals surface area contributed by atoms with Crippen molar-refractivity contribution in [2.45, 2.75) is 12.8 Å². The van der Waals surface area contributed by atoms with Crippen LogP contribution in [0.2, 0.25) is 0 Å². The first kappa shape index (κ1) is 16.3. The van der Waals surface area contributed by atoms with Gasteiger partial charge in [-0.15, -0.1) is 0 Å². The van der Waals surface area contributed by atoms with Crippen LogP contribution in [-0.2, 0) is 12.8 Å². The lowest BCUT2D eigenvalue weighted by atomic mass is 10.1. The van der Waals surface area contributed by atoms with Crippen molar-refractivity contribution >= 4 is 11.6 Å². The van der Waals surface area contributed by atoms with Crippen molar-refractivity contribution in [3.63, 3.8) is 0 Å². The van der Waals surface area contributed by atoms with Crippen LogP contribution in [0.25, 0.3) is 0 Å². The molecule has 2 aromatic carbocycles. The standard InChI is InChI=1S/C19H21FN2O2/c1-22(2)19(23)16-12-15(4-5-17(16)20)21-9-7-13-3-6-18-14(11-13)8-10-24-18/h3-6,11-12,21H,7-10H2,1-2H3. The minimum Gasteiger partial charge on any atom is -0.493 e. The summed E-state index contributed by atoms with van der Waals surface area (Å²) in [6, 6.07) is 10.8. The minimum absolute atomic E-state index is 0.0830. The van der Waals surface area contributed by atoms with Crippen molar-refractivity contribution < 1.29 is 13.9 Å². The molecule has 0 fully saturated rings. The molecule has 0 aromatic heterocycles. The van der Waals surface area contributed by atoms with Crippen LogP contribution < -0.4 is 10.1 Å². The zero-order valence-corrected chi connectivity index (χ0v) is 13.9. The van der Waals surface area contributed by atoms with Crippen LogP contribution in [0.5, 0.6) is 5.75 Å². The predicted molar refractivity (Wildman–Crippen MR) is 92.3 cm³/mol. The van der Waals surface area contributed by atoms with Crippen molar-refractivity contribution in [3.8, 4) is 5.75 Å². The van der Waals surface area contributed by atoms with Crippen molar-refractivity contribution in [1.82, 2.24) is 4.90 Å². The third-order valence-corrected chi connectivity index (χ3v) is 4.10. The number of amides is 1.